The number of nitrogens with two attached hydrogens (primary N) is 1. The van der Waals surface area contributed by atoms with E-state index in [9.17, 15) is 0 Å². The molecule has 0 heterocycles. The zero-order valence-corrected chi connectivity index (χ0v) is 11.5. The maximum absolute atomic E-state index is 8.93. The highest BCUT2D eigenvalue weighted by atomic mass is 16.5. The average Bonchev–Trinajstić information content (AvgIpc) is 2.46. The predicted molar refractivity (Wildman–Crippen MR) is 77.6 cm³/mol. The number of ether oxygens (including phenoxy) is 2. The quantitative estimate of drug-likeness (QED) is 0.865. The van der Waals surface area contributed by atoms with Gasteiger partial charge in [-0.3, -0.25) is 0 Å². The Kier molecular flexibility index (Phi) is 4.11. The fourth-order valence-corrected chi connectivity index (χ4v) is 1.92. The molecule has 0 spiro atoms. The van der Waals surface area contributed by atoms with E-state index in [-0.39, 0.29) is 0 Å². The van der Waals surface area contributed by atoms with Crippen LogP contribution in [0.3, 0.4) is 0 Å². The van der Waals surface area contributed by atoms with Gasteiger partial charge in [0.25, 0.3) is 0 Å². The van der Waals surface area contributed by atoms with Gasteiger partial charge in [-0.1, -0.05) is 6.07 Å². The molecule has 0 radical (unpaired) electrons. The second-order valence-electron chi connectivity index (χ2n) is 4.47. The van der Waals surface area contributed by atoms with Gasteiger partial charge < -0.3 is 15.2 Å². The molecule has 0 saturated carbocycles. The lowest BCUT2D eigenvalue weighted by atomic mass is 10.1. The van der Waals surface area contributed by atoms with Gasteiger partial charge in [0, 0.05) is 5.56 Å². The predicted octanol–water partition coefficient (Wildman–Crippen LogP) is 3.04. The minimum absolute atomic E-state index is 0.298. The first-order valence-corrected chi connectivity index (χ1v) is 6.20. The largest absolute Gasteiger partial charge is 0.496 e. The van der Waals surface area contributed by atoms with Crippen LogP contribution in [-0.4, -0.2) is 7.11 Å². The normalized spacial score (nSPS) is 9.85. The Hall–Kier alpha value is -2.67. The van der Waals surface area contributed by atoms with Gasteiger partial charge in [-0.25, -0.2) is 0 Å². The molecule has 0 aliphatic rings. The van der Waals surface area contributed by atoms with Crippen LogP contribution >= 0.6 is 0 Å². The molecule has 0 unspecified atom stereocenters. The Morgan fingerprint density at radius 2 is 1.90 bits per heavy atom. The third-order valence-corrected chi connectivity index (χ3v) is 2.96. The molecule has 4 nitrogen and oxygen atoms in total. The van der Waals surface area contributed by atoms with E-state index in [1.54, 1.807) is 25.3 Å². The number of nitrogen functional groups attached to an aromatic ring is 1. The van der Waals surface area contributed by atoms with Crippen LogP contribution in [0.5, 0.6) is 11.5 Å². The molecule has 2 rings (SSSR count). The third kappa shape index (κ3) is 3.01. The van der Waals surface area contributed by atoms with Gasteiger partial charge in [0.1, 0.15) is 18.1 Å². The monoisotopic (exact) mass is 268 g/mol. The van der Waals surface area contributed by atoms with Crippen molar-refractivity contribution >= 4 is 5.69 Å². The topological polar surface area (TPSA) is 68.3 Å². The Labute approximate surface area is 118 Å². The van der Waals surface area contributed by atoms with Crippen molar-refractivity contribution in [3.05, 3.63) is 53.1 Å². The molecule has 4 heteroatoms. The molecule has 0 aromatic heterocycles. The lowest BCUT2D eigenvalue weighted by molar-refractivity contribution is 0.298. The van der Waals surface area contributed by atoms with Crippen molar-refractivity contribution in [2.45, 2.75) is 13.5 Å². The molecule has 0 atom stereocenters. The first-order chi connectivity index (χ1) is 9.63. The molecule has 0 fully saturated rings. The maximum atomic E-state index is 8.93. The summed E-state index contributed by atoms with van der Waals surface area (Å²) >= 11 is 0. The van der Waals surface area contributed by atoms with Gasteiger partial charge in [0.2, 0.25) is 0 Å². The van der Waals surface area contributed by atoms with Gasteiger partial charge >= 0.3 is 0 Å². The van der Waals surface area contributed by atoms with Crippen molar-refractivity contribution < 1.29 is 9.47 Å². The first kappa shape index (κ1) is 13.8. The van der Waals surface area contributed by atoms with Crippen LogP contribution in [-0.2, 0) is 6.61 Å². The van der Waals surface area contributed by atoms with E-state index in [0.717, 1.165) is 11.1 Å². The minimum Gasteiger partial charge on any atom is -0.496 e. The summed E-state index contributed by atoms with van der Waals surface area (Å²) < 4.78 is 11.0. The molecule has 0 amide bonds. The molecular weight excluding hydrogens is 252 g/mol. The zero-order valence-electron chi connectivity index (χ0n) is 11.5. The van der Waals surface area contributed by atoms with Crippen molar-refractivity contribution in [1.82, 2.24) is 0 Å². The Morgan fingerprint density at radius 1 is 1.15 bits per heavy atom. The number of methoxy groups -OCH3 is 1. The number of anilines is 1. The number of nitriles is 1. The summed E-state index contributed by atoms with van der Waals surface area (Å²) in [5.74, 6) is 1.31. The van der Waals surface area contributed by atoms with Crippen LogP contribution in [0, 0.1) is 18.3 Å². The molecule has 2 N–H and O–H groups in total. The Morgan fingerprint density at radius 3 is 2.55 bits per heavy atom. The molecule has 2 aromatic rings. The maximum Gasteiger partial charge on any atom is 0.142 e. The van der Waals surface area contributed by atoms with Gasteiger partial charge in [-0.05, 0) is 42.8 Å². The van der Waals surface area contributed by atoms with E-state index in [0.29, 0.717) is 29.4 Å². The summed E-state index contributed by atoms with van der Waals surface area (Å²) in [7, 11) is 1.59. The minimum atomic E-state index is 0.298. The van der Waals surface area contributed by atoms with Crippen molar-refractivity contribution in [2.75, 3.05) is 12.8 Å². The van der Waals surface area contributed by atoms with E-state index < -0.39 is 0 Å². The van der Waals surface area contributed by atoms with E-state index in [2.05, 4.69) is 6.07 Å². The molecule has 102 valence electrons. The van der Waals surface area contributed by atoms with Crippen molar-refractivity contribution in [1.29, 1.82) is 5.26 Å². The molecule has 0 aliphatic carbocycles. The lowest BCUT2D eigenvalue weighted by Crippen LogP contribution is -2.01. The highest BCUT2D eigenvalue weighted by molar-refractivity contribution is 5.54. The van der Waals surface area contributed by atoms with E-state index >= 15 is 0 Å². The number of rotatable bonds is 4. The highest BCUT2D eigenvalue weighted by Crippen LogP contribution is 2.26. The summed E-state index contributed by atoms with van der Waals surface area (Å²) in [6.07, 6.45) is 0. The standard InChI is InChI=1S/C16H16N2O2/c1-11-3-5-16(14(18)7-11)20-10-13-8-12(9-17)4-6-15(13)19-2/h3-8H,10,18H2,1-2H3. The fourth-order valence-electron chi connectivity index (χ4n) is 1.92. The van der Waals surface area contributed by atoms with Crippen LogP contribution < -0.4 is 15.2 Å². The number of nitrogens with zero attached hydrogens (tertiary/aromatic N) is 1. The molecule has 20 heavy (non-hydrogen) atoms. The SMILES string of the molecule is COc1ccc(C#N)cc1COc1ccc(C)cc1N. The highest BCUT2D eigenvalue weighted by Gasteiger charge is 2.07. The Bertz CT molecular complexity index is 660. The summed E-state index contributed by atoms with van der Waals surface area (Å²) in [6, 6.07) is 13.0. The Balaban J connectivity index is 2.20. The molecular formula is C16H16N2O2. The summed E-state index contributed by atoms with van der Waals surface area (Å²) in [5.41, 5.74) is 8.97. The van der Waals surface area contributed by atoms with E-state index in [1.165, 1.54) is 0 Å². The van der Waals surface area contributed by atoms with Crippen LogP contribution in [0.25, 0.3) is 0 Å². The van der Waals surface area contributed by atoms with Crippen LogP contribution in [0.2, 0.25) is 0 Å². The summed E-state index contributed by atoms with van der Waals surface area (Å²) in [4.78, 5) is 0. The van der Waals surface area contributed by atoms with Gasteiger partial charge in [-0.15, -0.1) is 0 Å². The smallest absolute Gasteiger partial charge is 0.142 e. The summed E-state index contributed by atoms with van der Waals surface area (Å²) in [6.45, 7) is 2.27. The molecule has 0 bridgehead atoms. The van der Waals surface area contributed by atoms with Crippen LogP contribution in [0.4, 0.5) is 5.69 Å². The van der Waals surface area contributed by atoms with Crippen LogP contribution in [0.1, 0.15) is 16.7 Å². The summed E-state index contributed by atoms with van der Waals surface area (Å²) in [5, 5.41) is 8.93. The van der Waals surface area contributed by atoms with Gasteiger partial charge in [0.15, 0.2) is 0 Å². The van der Waals surface area contributed by atoms with Gasteiger partial charge in [0.05, 0.1) is 24.4 Å². The number of aryl methyl sites for hydroxylation is 1. The van der Waals surface area contributed by atoms with Crippen molar-refractivity contribution in [2.24, 2.45) is 0 Å². The van der Waals surface area contributed by atoms with E-state index in [4.69, 9.17) is 20.5 Å². The number of hydrogen-bond donors (Lipinski definition) is 1. The van der Waals surface area contributed by atoms with Crippen LogP contribution in [0.15, 0.2) is 36.4 Å². The fraction of sp³-hybridized carbons (Fsp3) is 0.188. The molecule has 0 aliphatic heterocycles. The second-order valence-corrected chi connectivity index (χ2v) is 4.47. The third-order valence-electron chi connectivity index (χ3n) is 2.96. The first-order valence-electron chi connectivity index (χ1n) is 6.20. The zero-order chi connectivity index (χ0) is 14.5. The van der Waals surface area contributed by atoms with E-state index in [1.807, 2.05) is 25.1 Å². The second kappa shape index (κ2) is 5.98. The number of hydrogen-bond acceptors (Lipinski definition) is 4. The van der Waals surface area contributed by atoms with Crippen molar-refractivity contribution in [3.63, 3.8) is 0 Å². The lowest BCUT2D eigenvalue weighted by Gasteiger charge is -2.12. The van der Waals surface area contributed by atoms with Crippen molar-refractivity contribution in [3.8, 4) is 17.6 Å². The molecule has 2 aromatic carbocycles. The molecule has 0 saturated heterocycles. The number of benzene rings is 2. The van der Waals surface area contributed by atoms with Gasteiger partial charge in [-0.2, -0.15) is 5.26 Å². The average molecular weight is 268 g/mol.